The third-order valence-corrected chi connectivity index (χ3v) is 2.40. The molecular weight excluding hydrogens is 270 g/mol. The van der Waals surface area contributed by atoms with Crippen molar-refractivity contribution in [1.82, 2.24) is 0 Å². The molecule has 0 heterocycles. The number of nitrogens with two attached hydrogens (primary N) is 1. The van der Waals surface area contributed by atoms with Crippen LogP contribution in [0.2, 0.25) is 5.02 Å². The van der Waals surface area contributed by atoms with Crippen LogP contribution in [0.4, 0.5) is 5.69 Å². The van der Waals surface area contributed by atoms with E-state index in [0.29, 0.717) is 16.3 Å². The SMILES string of the molecule is CC(O)c1cc(Cl)ccc1N.CCC.c1ccccc1. The molecule has 0 amide bonds. The lowest BCUT2D eigenvalue weighted by molar-refractivity contribution is 0.200. The zero-order valence-corrected chi connectivity index (χ0v) is 13.1. The van der Waals surface area contributed by atoms with E-state index in [9.17, 15) is 5.11 Å². The Bertz CT molecular complexity index is 431. The minimum atomic E-state index is -0.561. The third kappa shape index (κ3) is 8.57. The van der Waals surface area contributed by atoms with E-state index in [4.69, 9.17) is 17.3 Å². The molecule has 0 bridgehead atoms. The van der Waals surface area contributed by atoms with E-state index in [-0.39, 0.29) is 0 Å². The fraction of sp³-hybridized carbons (Fsp3) is 0.294. The van der Waals surface area contributed by atoms with Gasteiger partial charge in [-0.15, -0.1) is 0 Å². The van der Waals surface area contributed by atoms with Gasteiger partial charge in [0, 0.05) is 16.3 Å². The Kier molecular flexibility index (Phi) is 10.5. The molecule has 2 nitrogen and oxygen atoms in total. The van der Waals surface area contributed by atoms with Gasteiger partial charge in [0.1, 0.15) is 0 Å². The Morgan fingerprint density at radius 1 is 1.05 bits per heavy atom. The molecule has 0 fully saturated rings. The Morgan fingerprint density at radius 2 is 1.45 bits per heavy atom. The van der Waals surface area contributed by atoms with E-state index in [1.807, 2.05) is 36.4 Å². The van der Waals surface area contributed by atoms with Crippen LogP contribution in [0.5, 0.6) is 0 Å². The number of hydrogen-bond donors (Lipinski definition) is 2. The summed E-state index contributed by atoms with van der Waals surface area (Å²) in [6.45, 7) is 5.90. The average Bonchev–Trinajstić information content (AvgIpc) is 2.45. The van der Waals surface area contributed by atoms with Gasteiger partial charge in [-0.3, -0.25) is 0 Å². The predicted octanol–water partition coefficient (Wildman–Crippen LogP) is 5.08. The van der Waals surface area contributed by atoms with E-state index in [1.165, 1.54) is 6.42 Å². The number of nitrogen functional groups attached to an aromatic ring is 1. The van der Waals surface area contributed by atoms with Crippen LogP contribution in [0.25, 0.3) is 0 Å². The van der Waals surface area contributed by atoms with Crippen molar-refractivity contribution in [3.63, 3.8) is 0 Å². The van der Waals surface area contributed by atoms with Crippen molar-refractivity contribution in [1.29, 1.82) is 0 Å². The minimum Gasteiger partial charge on any atom is -0.398 e. The van der Waals surface area contributed by atoms with Gasteiger partial charge in [0.25, 0.3) is 0 Å². The second-order valence-electron chi connectivity index (χ2n) is 4.31. The fourth-order valence-electron chi connectivity index (χ4n) is 1.29. The number of anilines is 1. The Balaban J connectivity index is 0.000000336. The zero-order valence-electron chi connectivity index (χ0n) is 12.4. The Labute approximate surface area is 127 Å². The number of hydrogen-bond acceptors (Lipinski definition) is 2. The van der Waals surface area contributed by atoms with Gasteiger partial charge in [-0.05, 0) is 25.1 Å². The molecule has 2 aromatic rings. The molecule has 3 N–H and O–H groups in total. The van der Waals surface area contributed by atoms with Crippen LogP contribution in [0.1, 0.15) is 38.9 Å². The average molecular weight is 294 g/mol. The number of aliphatic hydroxyl groups excluding tert-OH is 1. The lowest BCUT2D eigenvalue weighted by Gasteiger charge is -2.07. The van der Waals surface area contributed by atoms with Gasteiger partial charge in [0.2, 0.25) is 0 Å². The molecule has 0 aliphatic carbocycles. The molecule has 110 valence electrons. The van der Waals surface area contributed by atoms with Gasteiger partial charge < -0.3 is 10.8 Å². The number of halogens is 1. The third-order valence-electron chi connectivity index (χ3n) is 2.17. The van der Waals surface area contributed by atoms with Crippen LogP contribution >= 0.6 is 11.6 Å². The van der Waals surface area contributed by atoms with Crippen LogP contribution < -0.4 is 5.73 Å². The molecule has 2 rings (SSSR count). The summed E-state index contributed by atoms with van der Waals surface area (Å²) in [5.74, 6) is 0. The lowest BCUT2D eigenvalue weighted by atomic mass is 10.1. The summed E-state index contributed by atoms with van der Waals surface area (Å²) in [5, 5.41) is 9.78. The summed E-state index contributed by atoms with van der Waals surface area (Å²) in [5.41, 5.74) is 6.82. The van der Waals surface area contributed by atoms with Crippen molar-refractivity contribution >= 4 is 17.3 Å². The summed E-state index contributed by atoms with van der Waals surface area (Å²) < 4.78 is 0. The van der Waals surface area contributed by atoms with Crippen molar-refractivity contribution in [3.05, 3.63) is 65.2 Å². The molecule has 0 aliphatic rings. The fourth-order valence-corrected chi connectivity index (χ4v) is 1.47. The summed E-state index contributed by atoms with van der Waals surface area (Å²) >= 11 is 5.69. The molecular formula is C17H24ClNO. The van der Waals surface area contributed by atoms with E-state index in [0.717, 1.165) is 0 Å². The molecule has 1 atom stereocenters. The molecule has 0 spiro atoms. The Morgan fingerprint density at radius 3 is 1.75 bits per heavy atom. The summed E-state index contributed by atoms with van der Waals surface area (Å²) in [6.07, 6.45) is 0.689. The van der Waals surface area contributed by atoms with Crippen molar-refractivity contribution in [2.75, 3.05) is 5.73 Å². The molecule has 3 heteroatoms. The summed E-state index contributed by atoms with van der Waals surface area (Å²) in [6, 6.07) is 17.1. The number of rotatable bonds is 1. The highest BCUT2D eigenvalue weighted by Gasteiger charge is 2.04. The maximum atomic E-state index is 9.19. The minimum absolute atomic E-state index is 0.561. The smallest absolute Gasteiger partial charge is 0.0782 e. The second kappa shape index (κ2) is 11.3. The predicted molar refractivity (Wildman–Crippen MR) is 88.9 cm³/mol. The first-order chi connectivity index (χ1) is 9.52. The highest BCUT2D eigenvalue weighted by molar-refractivity contribution is 6.30. The monoisotopic (exact) mass is 293 g/mol. The first-order valence-electron chi connectivity index (χ1n) is 6.75. The highest BCUT2D eigenvalue weighted by atomic mass is 35.5. The van der Waals surface area contributed by atoms with Gasteiger partial charge in [0.15, 0.2) is 0 Å². The summed E-state index contributed by atoms with van der Waals surface area (Å²) in [7, 11) is 0. The molecule has 0 aliphatic heterocycles. The number of benzene rings is 2. The van der Waals surface area contributed by atoms with Crippen LogP contribution in [0.15, 0.2) is 54.6 Å². The maximum absolute atomic E-state index is 9.19. The van der Waals surface area contributed by atoms with Crippen LogP contribution in [0, 0.1) is 0 Å². The van der Waals surface area contributed by atoms with E-state index < -0.39 is 6.10 Å². The first kappa shape index (κ1) is 18.5. The van der Waals surface area contributed by atoms with Crippen molar-refractivity contribution in [3.8, 4) is 0 Å². The summed E-state index contributed by atoms with van der Waals surface area (Å²) in [4.78, 5) is 0. The highest BCUT2D eigenvalue weighted by Crippen LogP contribution is 2.23. The number of aliphatic hydroxyl groups is 1. The van der Waals surface area contributed by atoms with Crippen LogP contribution in [0.3, 0.4) is 0 Å². The van der Waals surface area contributed by atoms with E-state index >= 15 is 0 Å². The van der Waals surface area contributed by atoms with Gasteiger partial charge in [0.05, 0.1) is 6.10 Å². The van der Waals surface area contributed by atoms with Crippen molar-refractivity contribution in [2.24, 2.45) is 0 Å². The Hall–Kier alpha value is -1.51. The standard InChI is InChI=1S/C8H10ClNO.C6H6.C3H8/c1-5(11)7-4-6(9)2-3-8(7)10;1-2-4-6-5-3-1;1-3-2/h2-5,11H,10H2,1H3;1-6H;3H2,1-2H3. The van der Waals surface area contributed by atoms with E-state index in [2.05, 4.69) is 13.8 Å². The molecule has 2 aromatic carbocycles. The van der Waals surface area contributed by atoms with Gasteiger partial charge in [-0.1, -0.05) is 68.3 Å². The lowest BCUT2D eigenvalue weighted by Crippen LogP contribution is -1.97. The molecule has 20 heavy (non-hydrogen) atoms. The van der Waals surface area contributed by atoms with Gasteiger partial charge in [-0.2, -0.15) is 0 Å². The van der Waals surface area contributed by atoms with Crippen molar-refractivity contribution in [2.45, 2.75) is 33.3 Å². The van der Waals surface area contributed by atoms with Crippen LogP contribution in [-0.2, 0) is 0 Å². The van der Waals surface area contributed by atoms with Crippen molar-refractivity contribution < 1.29 is 5.11 Å². The molecule has 0 aromatic heterocycles. The van der Waals surface area contributed by atoms with Crippen LogP contribution in [-0.4, -0.2) is 5.11 Å². The topological polar surface area (TPSA) is 46.2 Å². The molecule has 1 unspecified atom stereocenters. The van der Waals surface area contributed by atoms with Gasteiger partial charge >= 0.3 is 0 Å². The second-order valence-corrected chi connectivity index (χ2v) is 4.75. The zero-order chi connectivity index (χ0) is 15.4. The largest absolute Gasteiger partial charge is 0.398 e. The molecule has 0 saturated carbocycles. The molecule has 0 saturated heterocycles. The molecule has 0 radical (unpaired) electrons. The van der Waals surface area contributed by atoms with Gasteiger partial charge in [-0.25, -0.2) is 0 Å². The maximum Gasteiger partial charge on any atom is 0.0782 e. The normalized spacial score (nSPS) is 10.4. The first-order valence-corrected chi connectivity index (χ1v) is 7.13. The van der Waals surface area contributed by atoms with E-state index in [1.54, 1.807) is 25.1 Å². The quantitative estimate of drug-likeness (QED) is 0.720.